The van der Waals surface area contributed by atoms with Gasteiger partial charge in [-0.3, -0.25) is 4.79 Å². The van der Waals surface area contributed by atoms with Gasteiger partial charge in [0.15, 0.2) is 0 Å². The van der Waals surface area contributed by atoms with Crippen molar-refractivity contribution in [2.24, 2.45) is 0 Å². The summed E-state index contributed by atoms with van der Waals surface area (Å²) in [5.74, 6) is -0.831. The van der Waals surface area contributed by atoms with Crippen LogP contribution in [0, 0.1) is 0 Å². The number of rotatable bonds is 5. The number of thioether (sulfide) groups is 1. The summed E-state index contributed by atoms with van der Waals surface area (Å²) >= 11 is 1.51. The summed E-state index contributed by atoms with van der Waals surface area (Å²) in [7, 11) is 0. The van der Waals surface area contributed by atoms with E-state index in [-0.39, 0.29) is 6.42 Å². The number of benzene rings is 1. The molecule has 0 aromatic heterocycles. The largest absolute Gasteiger partial charge is 0.481 e. The second kappa shape index (κ2) is 6.09. The van der Waals surface area contributed by atoms with Crippen LogP contribution in [-0.4, -0.2) is 11.1 Å². The summed E-state index contributed by atoms with van der Waals surface area (Å²) in [6.07, 6.45) is 3.36. The molecular formula is C12H12O2S. The number of hydrogen-bond donors (Lipinski definition) is 1. The smallest absolute Gasteiger partial charge is 0.307 e. The Labute approximate surface area is 93.3 Å². The first kappa shape index (κ1) is 11.6. The normalized spacial score (nSPS) is 11.1. The number of allylic oxidation sites excluding steroid dienone is 1. The highest BCUT2D eigenvalue weighted by atomic mass is 32.2. The van der Waals surface area contributed by atoms with Gasteiger partial charge < -0.3 is 5.11 Å². The summed E-state index contributed by atoms with van der Waals surface area (Å²) in [4.78, 5) is 12.3. The van der Waals surface area contributed by atoms with Crippen LogP contribution in [0.15, 0.2) is 58.9 Å². The Hall–Kier alpha value is -1.48. The molecule has 0 saturated carbocycles. The molecule has 0 heterocycles. The van der Waals surface area contributed by atoms with Crippen LogP contribution in [0.25, 0.3) is 0 Å². The van der Waals surface area contributed by atoms with Gasteiger partial charge in [0.05, 0.1) is 6.42 Å². The lowest BCUT2D eigenvalue weighted by Crippen LogP contribution is -1.90. The molecule has 1 rings (SSSR count). The number of carboxylic acids is 1. The van der Waals surface area contributed by atoms with E-state index in [1.165, 1.54) is 11.8 Å². The second-order valence-electron chi connectivity index (χ2n) is 2.82. The van der Waals surface area contributed by atoms with Gasteiger partial charge in [0, 0.05) is 9.80 Å². The molecule has 0 saturated heterocycles. The van der Waals surface area contributed by atoms with Crippen molar-refractivity contribution in [3.05, 3.63) is 54.0 Å². The molecule has 1 N–H and O–H groups in total. The number of aliphatic carboxylic acids is 1. The average Bonchev–Trinajstić information content (AvgIpc) is 2.25. The van der Waals surface area contributed by atoms with E-state index < -0.39 is 5.97 Å². The lowest BCUT2D eigenvalue weighted by molar-refractivity contribution is -0.136. The maximum atomic E-state index is 10.4. The van der Waals surface area contributed by atoms with Crippen molar-refractivity contribution >= 4 is 17.7 Å². The van der Waals surface area contributed by atoms with Crippen molar-refractivity contribution in [3.8, 4) is 0 Å². The Morgan fingerprint density at radius 3 is 2.60 bits per heavy atom. The van der Waals surface area contributed by atoms with Crippen molar-refractivity contribution in [2.75, 3.05) is 0 Å². The van der Waals surface area contributed by atoms with Crippen molar-refractivity contribution in [1.29, 1.82) is 0 Å². The Bertz CT molecular complexity index is 368. The number of hydrogen-bond acceptors (Lipinski definition) is 2. The molecule has 0 amide bonds. The monoisotopic (exact) mass is 220 g/mol. The predicted octanol–water partition coefficient (Wildman–Crippen LogP) is 3.32. The average molecular weight is 220 g/mol. The molecule has 0 atom stereocenters. The molecule has 1 aromatic carbocycles. The Morgan fingerprint density at radius 2 is 2.07 bits per heavy atom. The van der Waals surface area contributed by atoms with Gasteiger partial charge in [-0.25, -0.2) is 0 Å². The first-order chi connectivity index (χ1) is 7.22. The van der Waals surface area contributed by atoms with E-state index in [0.29, 0.717) is 0 Å². The molecular weight excluding hydrogens is 208 g/mol. The second-order valence-corrected chi connectivity index (χ2v) is 3.97. The van der Waals surface area contributed by atoms with E-state index in [4.69, 9.17) is 5.11 Å². The summed E-state index contributed by atoms with van der Waals surface area (Å²) < 4.78 is 0. The Morgan fingerprint density at radius 1 is 1.40 bits per heavy atom. The fourth-order valence-corrected chi connectivity index (χ4v) is 1.79. The van der Waals surface area contributed by atoms with E-state index in [2.05, 4.69) is 6.58 Å². The lowest BCUT2D eigenvalue weighted by atomic mass is 10.4. The highest BCUT2D eigenvalue weighted by Crippen LogP contribution is 2.26. The first-order valence-corrected chi connectivity index (χ1v) is 5.31. The molecule has 0 aliphatic rings. The summed E-state index contributed by atoms with van der Waals surface area (Å²) in [6.45, 7) is 3.65. The topological polar surface area (TPSA) is 37.3 Å². The molecule has 0 radical (unpaired) electrons. The van der Waals surface area contributed by atoms with Crippen LogP contribution in [-0.2, 0) is 4.79 Å². The zero-order chi connectivity index (χ0) is 11.1. The SMILES string of the molecule is C=C/C(=C/CC(=O)O)Sc1ccccc1. The van der Waals surface area contributed by atoms with E-state index in [1.54, 1.807) is 12.2 Å². The third kappa shape index (κ3) is 4.51. The third-order valence-electron chi connectivity index (χ3n) is 1.66. The summed E-state index contributed by atoms with van der Waals surface area (Å²) in [6, 6.07) is 9.78. The standard InChI is InChI=1S/C12H12O2S/c1-2-10(8-9-12(13)14)15-11-6-4-3-5-7-11/h2-8H,1,9H2,(H,13,14)/b10-8-. The molecule has 0 aliphatic heterocycles. The quantitative estimate of drug-likeness (QED) is 0.611. The molecule has 15 heavy (non-hydrogen) atoms. The van der Waals surface area contributed by atoms with E-state index in [0.717, 1.165) is 9.80 Å². The van der Waals surface area contributed by atoms with Crippen molar-refractivity contribution < 1.29 is 9.90 Å². The molecule has 0 aliphatic carbocycles. The summed E-state index contributed by atoms with van der Waals surface area (Å²) in [5, 5.41) is 8.54. The van der Waals surface area contributed by atoms with Crippen LogP contribution in [0.1, 0.15) is 6.42 Å². The third-order valence-corrected chi connectivity index (χ3v) is 2.73. The van der Waals surface area contributed by atoms with Gasteiger partial charge in [0.25, 0.3) is 0 Å². The van der Waals surface area contributed by atoms with Crippen LogP contribution in [0.2, 0.25) is 0 Å². The van der Waals surface area contributed by atoms with Crippen LogP contribution >= 0.6 is 11.8 Å². The van der Waals surface area contributed by atoms with Crippen LogP contribution in [0.4, 0.5) is 0 Å². The zero-order valence-electron chi connectivity index (χ0n) is 8.22. The van der Waals surface area contributed by atoms with Gasteiger partial charge in [-0.15, -0.1) is 0 Å². The van der Waals surface area contributed by atoms with Gasteiger partial charge in [-0.2, -0.15) is 0 Å². The van der Waals surface area contributed by atoms with Crippen LogP contribution < -0.4 is 0 Å². The van der Waals surface area contributed by atoms with Gasteiger partial charge in [-0.1, -0.05) is 48.7 Å². The minimum absolute atomic E-state index is 0.0290. The van der Waals surface area contributed by atoms with Gasteiger partial charge >= 0.3 is 5.97 Å². The van der Waals surface area contributed by atoms with E-state index >= 15 is 0 Å². The first-order valence-electron chi connectivity index (χ1n) is 4.49. The minimum Gasteiger partial charge on any atom is -0.481 e. The van der Waals surface area contributed by atoms with Crippen molar-refractivity contribution in [2.45, 2.75) is 11.3 Å². The molecule has 0 fully saturated rings. The fraction of sp³-hybridized carbons (Fsp3) is 0.0833. The maximum absolute atomic E-state index is 10.4. The highest BCUT2D eigenvalue weighted by molar-refractivity contribution is 8.03. The van der Waals surface area contributed by atoms with Crippen LogP contribution in [0.5, 0.6) is 0 Å². The molecule has 0 spiro atoms. The Kier molecular flexibility index (Phi) is 4.71. The van der Waals surface area contributed by atoms with Crippen LogP contribution in [0.3, 0.4) is 0 Å². The minimum atomic E-state index is -0.831. The van der Waals surface area contributed by atoms with Crippen molar-refractivity contribution in [1.82, 2.24) is 0 Å². The molecule has 3 heteroatoms. The maximum Gasteiger partial charge on any atom is 0.307 e. The molecule has 0 bridgehead atoms. The van der Waals surface area contributed by atoms with Gasteiger partial charge in [0.2, 0.25) is 0 Å². The molecule has 1 aromatic rings. The zero-order valence-corrected chi connectivity index (χ0v) is 9.04. The van der Waals surface area contributed by atoms with E-state index in [9.17, 15) is 4.79 Å². The number of carboxylic acid groups (broad SMARTS) is 1. The summed E-state index contributed by atoms with van der Waals surface area (Å²) in [5.41, 5.74) is 0. The van der Waals surface area contributed by atoms with E-state index in [1.807, 2.05) is 30.3 Å². The van der Waals surface area contributed by atoms with Crippen molar-refractivity contribution in [3.63, 3.8) is 0 Å². The van der Waals surface area contributed by atoms with Gasteiger partial charge in [0.1, 0.15) is 0 Å². The lowest BCUT2D eigenvalue weighted by Gasteiger charge is -2.00. The fourth-order valence-electron chi connectivity index (χ4n) is 0.979. The highest BCUT2D eigenvalue weighted by Gasteiger charge is 1.98. The predicted molar refractivity (Wildman–Crippen MR) is 62.8 cm³/mol. The molecule has 2 nitrogen and oxygen atoms in total. The molecule has 78 valence electrons. The van der Waals surface area contributed by atoms with Gasteiger partial charge in [-0.05, 0) is 12.1 Å². The Balaban J connectivity index is 2.65. The molecule has 0 unspecified atom stereocenters. The number of carbonyl (C=O) groups is 1.